The Kier molecular flexibility index (Phi) is 7.76. The summed E-state index contributed by atoms with van der Waals surface area (Å²) in [5.41, 5.74) is 3.17. The number of amides is 1. The van der Waals surface area contributed by atoms with Crippen LogP contribution in [0.4, 0.5) is 5.69 Å². The quantitative estimate of drug-likeness (QED) is 0.209. The molecule has 1 fully saturated rings. The van der Waals surface area contributed by atoms with E-state index in [1.54, 1.807) is 42.5 Å². The van der Waals surface area contributed by atoms with Crippen LogP contribution < -0.4 is 14.4 Å². The van der Waals surface area contributed by atoms with E-state index in [4.69, 9.17) is 9.47 Å². The van der Waals surface area contributed by atoms with Gasteiger partial charge in [-0.05, 0) is 78.4 Å². The fraction of sp³-hybridized carbons (Fsp3) is 0.290. The molecule has 0 aromatic heterocycles. The van der Waals surface area contributed by atoms with Crippen LogP contribution in [0, 0.1) is 6.92 Å². The average Bonchev–Trinajstić information content (AvgIpc) is 3.17. The lowest BCUT2D eigenvalue weighted by Gasteiger charge is -2.26. The molecule has 7 heteroatoms. The van der Waals surface area contributed by atoms with E-state index in [-0.39, 0.29) is 22.8 Å². The molecule has 1 heterocycles. The Bertz CT molecular complexity index is 1390. The highest BCUT2D eigenvalue weighted by Crippen LogP contribution is 2.44. The predicted octanol–water partition coefficient (Wildman–Crippen LogP) is 6.25. The number of phenolic OH excluding ortho intramolecular Hbond substituents is 1. The van der Waals surface area contributed by atoms with Gasteiger partial charge in [-0.2, -0.15) is 0 Å². The minimum Gasteiger partial charge on any atom is -0.507 e. The minimum absolute atomic E-state index is 0.0610. The predicted molar refractivity (Wildman–Crippen MR) is 147 cm³/mol. The molecule has 3 aromatic rings. The molecule has 198 valence electrons. The molecule has 3 aromatic carbocycles. The zero-order valence-corrected chi connectivity index (χ0v) is 22.3. The van der Waals surface area contributed by atoms with Crippen LogP contribution in [0.1, 0.15) is 61.4 Å². The molecular formula is C31H33NO6. The Labute approximate surface area is 222 Å². The number of methoxy groups -OCH3 is 1. The zero-order chi connectivity index (χ0) is 27.6. The summed E-state index contributed by atoms with van der Waals surface area (Å²) >= 11 is 0. The summed E-state index contributed by atoms with van der Waals surface area (Å²) in [6.07, 6.45) is 0.859. The highest BCUT2D eigenvalue weighted by atomic mass is 16.5. The Balaban J connectivity index is 1.88. The largest absolute Gasteiger partial charge is 0.507 e. The first-order valence-corrected chi connectivity index (χ1v) is 12.7. The molecule has 0 saturated carbocycles. The van der Waals surface area contributed by atoms with Gasteiger partial charge in [-0.25, -0.2) is 0 Å². The van der Waals surface area contributed by atoms with Crippen molar-refractivity contribution in [2.45, 2.75) is 46.1 Å². The number of aryl methyl sites for hydroxylation is 1. The third-order valence-corrected chi connectivity index (χ3v) is 6.71. The fourth-order valence-corrected chi connectivity index (χ4v) is 4.64. The maximum absolute atomic E-state index is 13.4. The molecule has 0 aliphatic carbocycles. The molecule has 1 unspecified atom stereocenters. The van der Waals surface area contributed by atoms with E-state index in [1.165, 1.54) is 18.1 Å². The second-order valence-electron chi connectivity index (χ2n) is 9.68. The van der Waals surface area contributed by atoms with Gasteiger partial charge in [0.2, 0.25) is 0 Å². The average molecular weight is 516 g/mol. The summed E-state index contributed by atoms with van der Waals surface area (Å²) in [5.74, 6) is -0.769. The van der Waals surface area contributed by atoms with E-state index in [2.05, 4.69) is 13.8 Å². The van der Waals surface area contributed by atoms with Crippen molar-refractivity contribution in [1.82, 2.24) is 0 Å². The number of Topliss-reactive ketones (excluding diaryl/α,β-unsaturated/α-hetero) is 1. The maximum Gasteiger partial charge on any atom is 0.300 e. The maximum atomic E-state index is 13.4. The number of carbonyl (C=O) groups excluding carboxylic acids is 2. The Hall–Kier alpha value is -4.26. The Morgan fingerprint density at radius 3 is 2.26 bits per heavy atom. The SMILES string of the molecule is CCCOc1ccc(/C(O)=C2/C(=O)C(=O)N(c3ccc(C(C)C)cc3)C2c2ccc(OC)c(O)c2)cc1C. The van der Waals surface area contributed by atoms with Crippen molar-refractivity contribution >= 4 is 23.1 Å². The van der Waals surface area contributed by atoms with E-state index in [0.29, 0.717) is 35.1 Å². The molecule has 1 aliphatic heterocycles. The number of hydrogen-bond donors (Lipinski definition) is 2. The van der Waals surface area contributed by atoms with Crippen molar-refractivity contribution in [3.05, 3.63) is 88.5 Å². The molecule has 0 radical (unpaired) electrons. The number of aromatic hydroxyl groups is 1. The molecule has 1 atom stereocenters. The minimum atomic E-state index is -0.965. The number of aliphatic hydroxyl groups excluding tert-OH is 1. The van der Waals surface area contributed by atoms with Gasteiger partial charge in [0, 0.05) is 11.3 Å². The van der Waals surface area contributed by atoms with Crippen LogP contribution in [0.3, 0.4) is 0 Å². The van der Waals surface area contributed by atoms with Crippen LogP contribution in [-0.4, -0.2) is 35.6 Å². The number of anilines is 1. The topological polar surface area (TPSA) is 96.3 Å². The molecule has 4 rings (SSSR count). The van der Waals surface area contributed by atoms with Crippen LogP contribution in [-0.2, 0) is 9.59 Å². The number of ketones is 1. The van der Waals surface area contributed by atoms with E-state index < -0.39 is 17.7 Å². The lowest BCUT2D eigenvalue weighted by Crippen LogP contribution is -2.29. The summed E-state index contributed by atoms with van der Waals surface area (Å²) in [6.45, 7) is 8.58. The van der Waals surface area contributed by atoms with Crippen molar-refractivity contribution in [1.29, 1.82) is 0 Å². The van der Waals surface area contributed by atoms with Crippen molar-refractivity contribution < 1.29 is 29.3 Å². The van der Waals surface area contributed by atoms with Gasteiger partial charge in [0.25, 0.3) is 11.7 Å². The molecular weight excluding hydrogens is 482 g/mol. The molecule has 0 bridgehead atoms. The van der Waals surface area contributed by atoms with E-state index >= 15 is 0 Å². The number of hydrogen-bond acceptors (Lipinski definition) is 6. The highest BCUT2D eigenvalue weighted by molar-refractivity contribution is 6.51. The van der Waals surface area contributed by atoms with E-state index in [9.17, 15) is 19.8 Å². The normalized spacial score (nSPS) is 16.8. The molecule has 7 nitrogen and oxygen atoms in total. The van der Waals surface area contributed by atoms with Crippen LogP contribution in [0.25, 0.3) is 5.76 Å². The summed E-state index contributed by atoms with van der Waals surface area (Å²) in [4.78, 5) is 28.2. The number of benzene rings is 3. The van der Waals surface area contributed by atoms with Gasteiger partial charge in [0.1, 0.15) is 11.5 Å². The molecule has 38 heavy (non-hydrogen) atoms. The Morgan fingerprint density at radius 2 is 1.68 bits per heavy atom. The first-order chi connectivity index (χ1) is 18.2. The van der Waals surface area contributed by atoms with Gasteiger partial charge in [-0.1, -0.05) is 39.0 Å². The van der Waals surface area contributed by atoms with Gasteiger partial charge >= 0.3 is 0 Å². The number of carbonyl (C=O) groups is 2. The van der Waals surface area contributed by atoms with Crippen LogP contribution in [0.5, 0.6) is 17.2 Å². The highest BCUT2D eigenvalue weighted by Gasteiger charge is 2.47. The lowest BCUT2D eigenvalue weighted by atomic mass is 9.94. The van der Waals surface area contributed by atoms with Crippen LogP contribution in [0.2, 0.25) is 0 Å². The number of rotatable bonds is 8. The standard InChI is InChI=1S/C31H33NO6/c1-6-15-38-25-13-10-22(16-19(25)4)29(34)27-28(21-9-14-26(37-5)24(33)17-21)32(31(36)30(27)35)23-11-7-20(8-12-23)18(2)3/h7-14,16-18,28,33-34H,6,15H2,1-5H3/b29-27-. The number of ether oxygens (including phenoxy) is 2. The number of phenols is 1. The second kappa shape index (κ2) is 11.0. The van der Waals surface area contributed by atoms with Gasteiger partial charge in [-0.3, -0.25) is 14.5 Å². The summed E-state index contributed by atoms with van der Waals surface area (Å²) in [6, 6.07) is 16.3. The van der Waals surface area contributed by atoms with Crippen molar-refractivity contribution in [2.24, 2.45) is 0 Å². The van der Waals surface area contributed by atoms with Crippen molar-refractivity contribution in [2.75, 3.05) is 18.6 Å². The summed E-state index contributed by atoms with van der Waals surface area (Å²) in [7, 11) is 1.44. The van der Waals surface area contributed by atoms with Gasteiger partial charge in [0.05, 0.1) is 25.3 Å². The zero-order valence-electron chi connectivity index (χ0n) is 22.3. The van der Waals surface area contributed by atoms with Crippen molar-refractivity contribution in [3.63, 3.8) is 0 Å². The molecule has 0 spiro atoms. The number of nitrogens with zero attached hydrogens (tertiary/aromatic N) is 1. The van der Waals surface area contributed by atoms with Gasteiger partial charge in [0.15, 0.2) is 11.5 Å². The molecule has 2 N–H and O–H groups in total. The molecule has 1 amide bonds. The summed E-state index contributed by atoms with van der Waals surface area (Å²) < 4.78 is 10.9. The van der Waals surface area contributed by atoms with E-state index in [1.807, 2.05) is 26.0 Å². The fourth-order valence-electron chi connectivity index (χ4n) is 4.64. The van der Waals surface area contributed by atoms with Crippen LogP contribution >= 0.6 is 0 Å². The van der Waals surface area contributed by atoms with Gasteiger partial charge in [-0.15, -0.1) is 0 Å². The molecule has 1 saturated heterocycles. The molecule has 1 aliphatic rings. The van der Waals surface area contributed by atoms with Gasteiger partial charge < -0.3 is 19.7 Å². The van der Waals surface area contributed by atoms with E-state index in [0.717, 1.165) is 17.5 Å². The number of aliphatic hydroxyl groups is 1. The smallest absolute Gasteiger partial charge is 0.300 e. The first-order valence-electron chi connectivity index (χ1n) is 12.7. The third kappa shape index (κ3) is 4.96. The Morgan fingerprint density at radius 1 is 1.00 bits per heavy atom. The summed E-state index contributed by atoms with van der Waals surface area (Å²) in [5, 5.41) is 21.9. The second-order valence-corrected chi connectivity index (χ2v) is 9.68. The monoisotopic (exact) mass is 515 g/mol. The van der Waals surface area contributed by atoms with Crippen molar-refractivity contribution in [3.8, 4) is 17.2 Å². The third-order valence-electron chi connectivity index (χ3n) is 6.71. The first kappa shape index (κ1) is 26.8. The van der Waals surface area contributed by atoms with Crippen LogP contribution in [0.15, 0.2) is 66.2 Å². The lowest BCUT2D eigenvalue weighted by molar-refractivity contribution is -0.132.